The van der Waals surface area contributed by atoms with Gasteiger partial charge < -0.3 is 5.11 Å². The predicted molar refractivity (Wildman–Crippen MR) is 73.1 cm³/mol. The highest BCUT2D eigenvalue weighted by molar-refractivity contribution is 5.66. The van der Waals surface area contributed by atoms with Crippen molar-refractivity contribution in [2.75, 3.05) is 0 Å². The highest BCUT2D eigenvalue weighted by Gasteiger charge is 1.92. The molecule has 0 bridgehead atoms. The normalized spacial score (nSPS) is 11.6. The molecule has 0 radical (unpaired) electrons. The van der Waals surface area contributed by atoms with Crippen LogP contribution in [0.15, 0.2) is 24.3 Å². The number of aliphatic carboxylic acids is 1. The molecule has 0 saturated carbocycles. The summed E-state index contributed by atoms with van der Waals surface area (Å²) in [6.45, 7) is 2.21. The summed E-state index contributed by atoms with van der Waals surface area (Å²) < 4.78 is 0. The lowest BCUT2D eigenvalue weighted by Gasteiger charge is -1.93. The Morgan fingerprint density at radius 2 is 1.35 bits per heavy atom. The van der Waals surface area contributed by atoms with E-state index in [-0.39, 0.29) is 6.42 Å². The Bertz CT molecular complexity index is 229. The molecule has 0 aliphatic heterocycles. The zero-order valence-corrected chi connectivity index (χ0v) is 11.0. The fraction of sp³-hybridized carbons (Fsp3) is 0.667. The van der Waals surface area contributed by atoms with Crippen molar-refractivity contribution in [1.82, 2.24) is 0 Å². The SMILES string of the molecule is CCCC/C=C\CCC/C=C\CCCC(=O)O. The first-order valence-corrected chi connectivity index (χ1v) is 6.79. The van der Waals surface area contributed by atoms with Crippen LogP contribution in [0.25, 0.3) is 0 Å². The summed E-state index contributed by atoms with van der Waals surface area (Å²) in [5.41, 5.74) is 0. The van der Waals surface area contributed by atoms with E-state index in [1.165, 1.54) is 25.7 Å². The monoisotopic (exact) mass is 238 g/mol. The van der Waals surface area contributed by atoms with Crippen LogP contribution in [-0.2, 0) is 4.79 Å². The molecule has 0 rings (SSSR count). The lowest BCUT2D eigenvalue weighted by Crippen LogP contribution is -1.92. The summed E-state index contributed by atoms with van der Waals surface area (Å²) in [6, 6.07) is 0. The number of unbranched alkanes of at least 4 members (excludes halogenated alkanes) is 5. The van der Waals surface area contributed by atoms with E-state index in [4.69, 9.17) is 5.11 Å². The van der Waals surface area contributed by atoms with E-state index in [0.717, 1.165) is 25.7 Å². The van der Waals surface area contributed by atoms with Gasteiger partial charge in [-0.1, -0.05) is 44.1 Å². The molecule has 2 nitrogen and oxygen atoms in total. The van der Waals surface area contributed by atoms with Crippen molar-refractivity contribution in [2.45, 2.75) is 64.7 Å². The van der Waals surface area contributed by atoms with Crippen molar-refractivity contribution < 1.29 is 9.90 Å². The van der Waals surface area contributed by atoms with Crippen molar-refractivity contribution in [3.63, 3.8) is 0 Å². The summed E-state index contributed by atoms with van der Waals surface area (Å²) >= 11 is 0. The molecule has 0 aromatic heterocycles. The van der Waals surface area contributed by atoms with Crippen LogP contribution in [0.4, 0.5) is 0 Å². The average molecular weight is 238 g/mol. The van der Waals surface area contributed by atoms with Crippen LogP contribution in [0.1, 0.15) is 64.7 Å². The third kappa shape index (κ3) is 14.9. The van der Waals surface area contributed by atoms with Crippen LogP contribution in [-0.4, -0.2) is 11.1 Å². The first kappa shape index (κ1) is 16.0. The van der Waals surface area contributed by atoms with E-state index in [2.05, 4.69) is 31.2 Å². The summed E-state index contributed by atoms with van der Waals surface area (Å²) in [5, 5.41) is 8.44. The maximum atomic E-state index is 10.2. The van der Waals surface area contributed by atoms with Gasteiger partial charge in [-0.2, -0.15) is 0 Å². The van der Waals surface area contributed by atoms with Gasteiger partial charge in [-0.15, -0.1) is 0 Å². The Hall–Kier alpha value is -1.05. The van der Waals surface area contributed by atoms with E-state index >= 15 is 0 Å². The number of allylic oxidation sites excluding steroid dienone is 4. The van der Waals surface area contributed by atoms with Gasteiger partial charge in [0, 0.05) is 6.42 Å². The van der Waals surface area contributed by atoms with Gasteiger partial charge in [-0.3, -0.25) is 4.79 Å². The van der Waals surface area contributed by atoms with E-state index < -0.39 is 5.97 Å². The van der Waals surface area contributed by atoms with Gasteiger partial charge in [0.2, 0.25) is 0 Å². The van der Waals surface area contributed by atoms with Crippen LogP contribution in [0.2, 0.25) is 0 Å². The standard InChI is InChI=1S/C15H26O2/c1-2-3-4-5-6-7-8-9-10-11-12-13-14-15(16)17/h5-6,10-11H,2-4,7-9,12-14H2,1H3,(H,16,17)/b6-5-,11-10-. The fourth-order valence-electron chi connectivity index (χ4n) is 1.52. The van der Waals surface area contributed by atoms with Gasteiger partial charge in [0.15, 0.2) is 0 Å². The molecular weight excluding hydrogens is 212 g/mol. The second-order valence-corrected chi connectivity index (χ2v) is 4.30. The minimum Gasteiger partial charge on any atom is -0.481 e. The Labute approximate surface area is 105 Å². The van der Waals surface area contributed by atoms with Crippen molar-refractivity contribution in [1.29, 1.82) is 0 Å². The van der Waals surface area contributed by atoms with Crippen LogP contribution in [0.5, 0.6) is 0 Å². The molecular formula is C15H26O2. The second kappa shape index (κ2) is 13.0. The summed E-state index contributed by atoms with van der Waals surface area (Å²) in [4.78, 5) is 10.2. The molecule has 1 N–H and O–H groups in total. The molecule has 0 aliphatic rings. The Morgan fingerprint density at radius 1 is 0.882 bits per heavy atom. The molecule has 0 heterocycles. The highest BCUT2D eigenvalue weighted by atomic mass is 16.4. The third-order valence-electron chi connectivity index (χ3n) is 2.56. The van der Waals surface area contributed by atoms with Crippen molar-refractivity contribution in [3.8, 4) is 0 Å². The number of carboxylic acids is 1. The molecule has 0 spiro atoms. The van der Waals surface area contributed by atoms with E-state index in [9.17, 15) is 4.79 Å². The van der Waals surface area contributed by atoms with E-state index in [1.807, 2.05) is 0 Å². The summed E-state index contributed by atoms with van der Waals surface area (Å²) in [7, 11) is 0. The maximum absolute atomic E-state index is 10.2. The van der Waals surface area contributed by atoms with Crippen molar-refractivity contribution in [2.24, 2.45) is 0 Å². The Balaban J connectivity index is 3.19. The number of rotatable bonds is 11. The highest BCUT2D eigenvalue weighted by Crippen LogP contribution is 2.03. The topological polar surface area (TPSA) is 37.3 Å². The minimum absolute atomic E-state index is 0.282. The number of hydrogen-bond donors (Lipinski definition) is 1. The molecule has 0 aromatic rings. The van der Waals surface area contributed by atoms with Gasteiger partial charge in [0.1, 0.15) is 0 Å². The summed E-state index contributed by atoms with van der Waals surface area (Å²) in [6.07, 6.45) is 18.0. The number of carbonyl (C=O) groups is 1. The average Bonchev–Trinajstić information content (AvgIpc) is 2.30. The molecule has 0 atom stereocenters. The van der Waals surface area contributed by atoms with Crippen LogP contribution >= 0.6 is 0 Å². The molecule has 0 fully saturated rings. The Kier molecular flexibility index (Phi) is 12.2. The quantitative estimate of drug-likeness (QED) is 0.418. The predicted octanol–water partition coefficient (Wildman–Crippen LogP) is 4.71. The van der Waals surface area contributed by atoms with Gasteiger partial charge >= 0.3 is 5.97 Å². The molecule has 0 unspecified atom stereocenters. The van der Waals surface area contributed by atoms with Crippen LogP contribution in [0, 0.1) is 0 Å². The minimum atomic E-state index is -0.699. The van der Waals surface area contributed by atoms with Crippen molar-refractivity contribution in [3.05, 3.63) is 24.3 Å². The zero-order chi connectivity index (χ0) is 12.8. The molecule has 0 amide bonds. The van der Waals surface area contributed by atoms with Crippen LogP contribution < -0.4 is 0 Å². The van der Waals surface area contributed by atoms with Gasteiger partial charge in [-0.05, 0) is 38.5 Å². The number of hydrogen-bond acceptors (Lipinski definition) is 1. The molecule has 17 heavy (non-hydrogen) atoms. The summed E-state index contributed by atoms with van der Waals surface area (Å²) in [5.74, 6) is -0.699. The molecule has 0 aliphatic carbocycles. The van der Waals surface area contributed by atoms with Gasteiger partial charge in [-0.25, -0.2) is 0 Å². The lowest BCUT2D eigenvalue weighted by atomic mass is 10.1. The van der Waals surface area contributed by atoms with E-state index in [0.29, 0.717) is 0 Å². The van der Waals surface area contributed by atoms with E-state index in [1.54, 1.807) is 0 Å². The first-order chi connectivity index (χ1) is 8.27. The maximum Gasteiger partial charge on any atom is 0.303 e. The molecule has 98 valence electrons. The molecule has 2 heteroatoms. The first-order valence-electron chi connectivity index (χ1n) is 6.79. The lowest BCUT2D eigenvalue weighted by molar-refractivity contribution is -0.137. The third-order valence-corrected chi connectivity index (χ3v) is 2.56. The van der Waals surface area contributed by atoms with Crippen LogP contribution in [0.3, 0.4) is 0 Å². The molecule has 0 aromatic carbocycles. The largest absolute Gasteiger partial charge is 0.481 e. The zero-order valence-electron chi connectivity index (χ0n) is 11.0. The second-order valence-electron chi connectivity index (χ2n) is 4.30. The Morgan fingerprint density at radius 3 is 1.82 bits per heavy atom. The fourth-order valence-corrected chi connectivity index (χ4v) is 1.52. The van der Waals surface area contributed by atoms with Gasteiger partial charge in [0.25, 0.3) is 0 Å². The van der Waals surface area contributed by atoms with Crippen molar-refractivity contribution >= 4 is 5.97 Å². The van der Waals surface area contributed by atoms with Gasteiger partial charge in [0.05, 0.1) is 0 Å². The smallest absolute Gasteiger partial charge is 0.303 e. The number of carboxylic acid groups (broad SMARTS) is 1. The molecule has 0 saturated heterocycles.